The molecular weight excluding hydrogens is 216 g/mol. The van der Waals surface area contributed by atoms with E-state index < -0.39 is 0 Å². The van der Waals surface area contributed by atoms with Crippen LogP contribution < -0.4 is 5.73 Å². The smallest absolute Gasteiger partial charge is 0.0968 e. The molecule has 16 heavy (non-hydrogen) atoms. The number of hydrogen-bond donors (Lipinski definition) is 1. The summed E-state index contributed by atoms with van der Waals surface area (Å²) in [6.07, 6.45) is 7.54. The van der Waals surface area contributed by atoms with Gasteiger partial charge in [-0.15, -0.1) is 0 Å². The van der Waals surface area contributed by atoms with Crippen LogP contribution in [0, 0.1) is 5.92 Å². The third kappa shape index (κ3) is 3.34. The lowest BCUT2D eigenvalue weighted by Crippen LogP contribution is -2.26. The van der Waals surface area contributed by atoms with E-state index in [0.29, 0.717) is 5.92 Å². The minimum Gasteiger partial charge on any atom is -0.387 e. The van der Waals surface area contributed by atoms with Crippen molar-refractivity contribution in [2.45, 2.75) is 38.5 Å². The normalized spacial score (nSPS) is 18.9. The van der Waals surface area contributed by atoms with Gasteiger partial charge in [-0.05, 0) is 41.7 Å². The quantitative estimate of drug-likeness (QED) is 0.632. The zero-order valence-electron chi connectivity index (χ0n) is 9.69. The Hall–Kier alpha value is -0.830. The first-order chi connectivity index (χ1) is 7.86. The molecule has 0 radical (unpaired) electrons. The second kappa shape index (κ2) is 6.04. The van der Waals surface area contributed by atoms with Crippen LogP contribution in [0.4, 0.5) is 0 Å². The lowest BCUT2D eigenvalue weighted by Gasteiger charge is -2.20. The average molecular weight is 236 g/mol. The van der Waals surface area contributed by atoms with Gasteiger partial charge in [0.25, 0.3) is 0 Å². The Bertz CT molecular complexity index is 324. The third-order valence-corrected chi connectivity index (χ3v) is 4.03. The van der Waals surface area contributed by atoms with E-state index in [1.165, 1.54) is 37.7 Å². The maximum absolute atomic E-state index is 6.04. The standard InChI is InChI=1S/C13H20N2S/c14-13(12-4-2-1-3-5-12)15-8-6-11-7-9-16-10-11/h7,9-10,12H,1-6,8H2,(H2,14,15). The number of thiophene rings is 1. The summed E-state index contributed by atoms with van der Waals surface area (Å²) in [6.45, 7) is 0.846. The van der Waals surface area contributed by atoms with E-state index in [9.17, 15) is 0 Å². The molecule has 3 heteroatoms. The number of rotatable bonds is 4. The van der Waals surface area contributed by atoms with Gasteiger partial charge in [-0.1, -0.05) is 19.3 Å². The van der Waals surface area contributed by atoms with Gasteiger partial charge in [0.15, 0.2) is 0 Å². The zero-order valence-corrected chi connectivity index (χ0v) is 10.5. The van der Waals surface area contributed by atoms with Crippen molar-refractivity contribution in [2.24, 2.45) is 16.6 Å². The molecule has 1 saturated carbocycles. The van der Waals surface area contributed by atoms with Crippen molar-refractivity contribution in [3.63, 3.8) is 0 Å². The van der Waals surface area contributed by atoms with Crippen molar-refractivity contribution >= 4 is 17.2 Å². The maximum Gasteiger partial charge on any atom is 0.0968 e. The van der Waals surface area contributed by atoms with Crippen molar-refractivity contribution in [3.8, 4) is 0 Å². The molecule has 1 aliphatic rings. The van der Waals surface area contributed by atoms with E-state index >= 15 is 0 Å². The molecule has 2 nitrogen and oxygen atoms in total. The van der Waals surface area contributed by atoms with Crippen molar-refractivity contribution < 1.29 is 0 Å². The largest absolute Gasteiger partial charge is 0.387 e. The van der Waals surface area contributed by atoms with Gasteiger partial charge >= 0.3 is 0 Å². The Kier molecular flexibility index (Phi) is 4.40. The monoisotopic (exact) mass is 236 g/mol. The van der Waals surface area contributed by atoms with Crippen LogP contribution in [0.15, 0.2) is 21.8 Å². The highest BCUT2D eigenvalue weighted by molar-refractivity contribution is 7.07. The van der Waals surface area contributed by atoms with Crippen LogP contribution in [0.2, 0.25) is 0 Å². The van der Waals surface area contributed by atoms with E-state index in [0.717, 1.165) is 18.8 Å². The molecule has 2 rings (SSSR count). The molecule has 1 aromatic rings. The van der Waals surface area contributed by atoms with Crippen LogP contribution in [0.3, 0.4) is 0 Å². The van der Waals surface area contributed by atoms with Gasteiger partial charge in [-0.3, -0.25) is 4.99 Å². The van der Waals surface area contributed by atoms with Crippen LogP contribution in [0.5, 0.6) is 0 Å². The van der Waals surface area contributed by atoms with E-state index in [2.05, 4.69) is 21.8 Å². The molecule has 0 aliphatic heterocycles. The van der Waals surface area contributed by atoms with Crippen molar-refractivity contribution in [2.75, 3.05) is 6.54 Å². The molecule has 2 N–H and O–H groups in total. The lowest BCUT2D eigenvalue weighted by atomic mass is 9.88. The molecule has 1 fully saturated rings. The number of nitrogens with zero attached hydrogens (tertiary/aromatic N) is 1. The number of nitrogens with two attached hydrogens (primary N) is 1. The van der Waals surface area contributed by atoms with Crippen LogP contribution in [-0.4, -0.2) is 12.4 Å². The second-order valence-corrected chi connectivity index (χ2v) is 5.30. The molecular formula is C13H20N2S. The van der Waals surface area contributed by atoms with E-state index in [1.54, 1.807) is 11.3 Å². The summed E-state index contributed by atoms with van der Waals surface area (Å²) < 4.78 is 0. The molecule has 0 aromatic carbocycles. The third-order valence-electron chi connectivity index (χ3n) is 3.30. The van der Waals surface area contributed by atoms with Crippen LogP contribution in [0.1, 0.15) is 37.7 Å². The fourth-order valence-electron chi connectivity index (χ4n) is 2.28. The lowest BCUT2D eigenvalue weighted by molar-refractivity contribution is 0.436. The maximum atomic E-state index is 6.04. The highest BCUT2D eigenvalue weighted by Crippen LogP contribution is 2.23. The second-order valence-electron chi connectivity index (χ2n) is 4.52. The highest BCUT2D eigenvalue weighted by Gasteiger charge is 2.16. The van der Waals surface area contributed by atoms with Crippen molar-refractivity contribution in [3.05, 3.63) is 22.4 Å². The Labute approximate surface area is 102 Å². The minimum absolute atomic E-state index is 0.566. The van der Waals surface area contributed by atoms with Gasteiger partial charge in [0, 0.05) is 12.5 Å². The first-order valence-electron chi connectivity index (χ1n) is 6.17. The molecule has 0 amide bonds. The molecule has 0 atom stereocenters. The Morgan fingerprint density at radius 2 is 2.19 bits per heavy atom. The first kappa shape index (κ1) is 11.6. The Morgan fingerprint density at radius 3 is 2.88 bits per heavy atom. The summed E-state index contributed by atoms with van der Waals surface area (Å²) >= 11 is 1.75. The zero-order chi connectivity index (χ0) is 11.2. The molecule has 0 saturated heterocycles. The predicted octanol–water partition coefficient (Wildman–Crippen LogP) is 3.23. The molecule has 0 spiro atoms. The number of hydrogen-bond acceptors (Lipinski definition) is 2. The summed E-state index contributed by atoms with van der Waals surface area (Å²) in [4.78, 5) is 4.52. The summed E-state index contributed by atoms with van der Waals surface area (Å²) in [6, 6.07) is 2.16. The van der Waals surface area contributed by atoms with Crippen LogP contribution in [0.25, 0.3) is 0 Å². The molecule has 1 aromatic heterocycles. The highest BCUT2D eigenvalue weighted by atomic mass is 32.1. The molecule has 0 unspecified atom stereocenters. The number of amidine groups is 1. The SMILES string of the molecule is NC(=NCCc1ccsc1)C1CCCCC1. The summed E-state index contributed by atoms with van der Waals surface area (Å²) in [5, 5.41) is 4.30. The summed E-state index contributed by atoms with van der Waals surface area (Å²) in [7, 11) is 0. The van der Waals surface area contributed by atoms with Gasteiger partial charge in [0.2, 0.25) is 0 Å². The summed E-state index contributed by atoms with van der Waals surface area (Å²) in [5.74, 6) is 1.46. The van der Waals surface area contributed by atoms with Gasteiger partial charge < -0.3 is 5.73 Å². The van der Waals surface area contributed by atoms with E-state index in [4.69, 9.17) is 5.73 Å². The minimum atomic E-state index is 0.566. The molecule has 88 valence electrons. The van der Waals surface area contributed by atoms with Gasteiger partial charge in [-0.2, -0.15) is 11.3 Å². The molecule has 1 aliphatic carbocycles. The first-order valence-corrected chi connectivity index (χ1v) is 7.11. The molecule has 0 bridgehead atoms. The van der Waals surface area contributed by atoms with Crippen molar-refractivity contribution in [1.82, 2.24) is 0 Å². The fraction of sp³-hybridized carbons (Fsp3) is 0.615. The molecule has 1 heterocycles. The van der Waals surface area contributed by atoms with Gasteiger partial charge in [0.05, 0.1) is 5.84 Å². The Balaban J connectivity index is 1.77. The predicted molar refractivity (Wildman–Crippen MR) is 71.1 cm³/mol. The Morgan fingerprint density at radius 1 is 1.38 bits per heavy atom. The van der Waals surface area contributed by atoms with Gasteiger partial charge in [0.1, 0.15) is 0 Å². The van der Waals surface area contributed by atoms with Crippen molar-refractivity contribution in [1.29, 1.82) is 0 Å². The van der Waals surface area contributed by atoms with Crippen LogP contribution in [-0.2, 0) is 6.42 Å². The van der Waals surface area contributed by atoms with Crippen LogP contribution >= 0.6 is 11.3 Å². The van der Waals surface area contributed by atoms with Gasteiger partial charge in [-0.25, -0.2) is 0 Å². The summed E-state index contributed by atoms with van der Waals surface area (Å²) in [5.41, 5.74) is 7.42. The van der Waals surface area contributed by atoms with E-state index in [1.807, 2.05) is 0 Å². The topological polar surface area (TPSA) is 38.4 Å². The average Bonchev–Trinajstić information content (AvgIpc) is 2.83. The number of aliphatic imine (C=N–C) groups is 1. The fourth-order valence-corrected chi connectivity index (χ4v) is 2.98. The van der Waals surface area contributed by atoms with E-state index in [-0.39, 0.29) is 0 Å².